The maximum absolute atomic E-state index is 12.8. The lowest BCUT2D eigenvalue weighted by Gasteiger charge is -2.18. The van der Waals surface area contributed by atoms with Crippen molar-refractivity contribution in [3.05, 3.63) is 253 Å². The Morgan fingerprint density at radius 1 is 0.342 bits per heavy atom. The first-order valence-corrected chi connectivity index (χ1v) is 38.8. The van der Waals surface area contributed by atoms with E-state index in [9.17, 15) is 19.2 Å². The lowest BCUT2D eigenvalue weighted by molar-refractivity contribution is 0.0810. The molecule has 4 aromatic heterocycles. The minimum Gasteiger partial charge on any atom is -0.497 e. The topological polar surface area (TPSA) is 370 Å². The molecule has 12 aromatic rings. The van der Waals surface area contributed by atoms with Crippen LogP contribution in [-0.2, 0) is 18.9 Å². The van der Waals surface area contributed by atoms with Gasteiger partial charge in [-0.25, -0.2) is 39.9 Å². The predicted molar refractivity (Wildman–Crippen MR) is 454 cm³/mol. The average Bonchev–Trinajstić information content (AvgIpc) is 1.00. The fourth-order valence-electron chi connectivity index (χ4n) is 12.8. The number of ether oxygens (including phenoxy) is 10. The van der Waals surface area contributed by atoms with Crippen molar-refractivity contribution in [2.45, 2.75) is 50.1 Å². The Labute approximate surface area is 693 Å². The van der Waals surface area contributed by atoms with Crippen LogP contribution in [0.4, 0.5) is 46.5 Å². The summed E-state index contributed by atoms with van der Waals surface area (Å²) in [4.78, 5) is 88.1. The number of anilines is 8. The number of rotatable bonds is 26. The van der Waals surface area contributed by atoms with Gasteiger partial charge in [0.15, 0.2) is 0 Å². The van der Waals surface area contributed by atoms with E-state index in [0.717, 1.165) is 82.2 Å². The summed E-state index contributed by atoms with van der Waals surface area (Å²) < 4.78 is 55.8. The molecule has 616 valence electrons. The highest BCUT2D eigenvalue weighted by Gasteiger charge is 2.27. The van der Waals surface area contributed by atoms with E-state index in [1.165, 1.54) is 4.90 Å². The number of methoxy groups -OCH3 is 2. The van der Waals surface area contributed by atoms with Crippen LogP contribution in [-0.4, -0.2) is 193 Å². The van der Waals surface area contributed by atoms with E-state index in [0.29, 0.717) is 145 Å². The number of nitrogens with one attached hydrogen (secondary N) is 4. The molecule has 0 saturated carbocycles. The second-order valence-corrected chi connectivity index (χ2v) is 28.1. The number of carbonyl (C=O) groups excluding carboxylic acids is 4. The molecule has 30 nitrogen and oxygen atoms in total. The van der Waals surface area contributed by atoms with Crippen LogP contribution in [0.3, 0.4) is 0 Å². The van der Waals surface area contributed by atoms with Gasteiger partial charge in [0.25, 0.3) is 23.6 Å². The van der Waals surface area contributed by atoms with Crippen molar-refractivity contribution in [2.24, 2.45) is 11.5 Å². The van der Waals surface area contributed by atoms with Crippen LogP contribution in [0.25, 0.3) is 45.0 Å². The number of aromatic nitrogens is 8. The molecule has 0 aliphatic carbocycles. The van der Waals surface area contributed by atoms with E-state index in [4.69, 9.17) is 58.8 Å². The van der Waals surface area contributed by atoms with Gasteiger partial charge >= 0.3 is 0 Å². The van der Waals surface area contributed by atoms with E-state index in [2.05, 4.69) is 61.1 Å². The van der Waals surface area contributed by atoms with Crippen molar-refractivity contribution in [3.63, 3.8) is 0 Å². The standard InChI is InChI=1S/C24H26N4O4.C23H24N4O3.C22H22N4O4.C21H20N4O3/c1-28(2)23(29)20-13-16(7-8-22(20)32-19-10-12-31-15-19)21-9-11-25-24(27-21)26-17-5-4-6-18(14-17)30-3;1-27(2)22(28)19-14-16(8-9-21(19)30-18-11-13-29-15-18)20-10-12-24-23(26-20)25-17-6-4-3-5-7-17;1-28-16-4-2-3-15(12-16)25-22-24-9-7-19(26-22)14-5-6-20(18(11-14)21(23)27)30-17-8-10-29-13-17;22-20(26)17-12-14(6-7-19(17)28-16-9-11-27-13-16)18-8-10-23-21(25-18)24-15-4-2-1-3-5-15/h4-9,11,13-14,19H,10,12,15H2,1-3H3,(H,25,26,27);3-10,12,14,18H,11,13,15H2,1-2H3,(H,24,25,26);2-7,9,11-12,17H,8,10,13H2,1H3,(H2,23,27)(H,24,25,26);1-8,10,12,16H,9,11,13H2,(H2,22,26)(H,23,24,25)/t19-;18-;17-;16-/m0000/s1. The zero-order valence-electron chi connectivity index (χ0n) is 67.1. The molecule has 0 spiro atoms. The molecular formula is C90H92N16O14. The number of nitrogens with zero attached hydrogens (tertiary/aromatic N) is 10. The zero-order chi connectivity index (χ0) is 83.7. The summed E-state index contributed by atoms with van der Waals surface area (Å²) in [6.45, 7) is 4.75. The number of carbonyl (C=O) groups is 4. The Bertz CT molecular complexity index is 5480. The molecule has 4 aliphatic rings. The van der Waals surface area contributed by atoms with E-state index in [-0.39, 0.29) is 36.2 Å². The van der Waals surface area contributed by atoms with Crippen LogP contribution < -0.4 is 61.2 Å². The first kappa shape index (κ1) is 83.7. The fraction of sp³-hybridized carbons (Fsp3) is 0.244. The molecule has 4 atom stereocenters. The number of benzene rings is 8. The molecule has 4 amide bonds. The largest absolute Gasteiger partial charge is 0.497 e. The highest BCUT2D eigenvalue weighted by Crippen LogP contribution is 2.35. The van der Waals surface area contributed by atoms with Crippen molar-refractivity contribution in [3.8, 4) is 79.5 Å². The van der Waals surface area contributed by atoms with Crippen LogP contribution in [0.1, 0.15) is 67.1 Å². The number of nitrogens with two attached hydrogens (primary N) is 2. The molecule has 0 radical (unpaired) electrons. The number of hydrogen-bond acceptors (Lipinski definition) is 26. The monoisotopic (exact) mass is 1620 g/mol. The summed E-state index contributed by atoms with van der Waals surface area (Å²) in [5.74, 6) is 3.94. The van der Waals surface area contributed by atoms with Crippen LogP contribution in [0.2, 0.25) is 0 Å². The van der Waals surface area contributed by atoms with Gasteiger partial charge in [-0.2, -0.15) is 0 Å². The average molecular weight is 1620 g/mol. The number of primary amides is 2. The van der Waals surface area contributed by atoms with Gasteiger partial charge < -0.3 is 89.9 Å². The zero-order valence-corrected chi connectivity index (χ0v) is 67.1. The summed E-state index contributed by atoms with van der Waals surface area (Å²) in [5.41, 5.74) is 22.0. The summed E-state index contributed by atoms with van der Waals surface area (Å²) in [6.07, 6.45) is 9.66. The Hall–Kier alpha value is -14.2. The number of para-hydroxylation sites is 2. The van der Waals surface area contributed by atoms with Crippen molar-refractivity contribution in [2.75, 3.05) is 117 Å². The van der Waals surface area contributed by atoms with Crippen LogP contribution in [0.5, 0.6) is 34.5 Å². The van der Waals surface area contributed by atoms with Crippen molar-refractivity contribution in [1.82, 2.24) is 49.7 Å². The molecule has 4 saturated heterocycles. The maximum atomic E-state index is 12.8. The van der Waals surface area contributed by atoms with Crippen molar-refractivity contribution >= 4 is 70.2 Å². The van der Waals surface area contributed by atoms with Crippen molar-refractivity contribution < 1.29 is 66.5 Å². The van der Waals surface area contributed by atoms with Gasteiger partial charge in [-0.1, -0.05) is 48.5 Å². The predicted octanol–water partition coefficient (Wildman–Crippen LogP) is 13.8. The molecule has 0 unspecified atom stereocenters. The quantitative estimate of drug-likeness (QED) is 0.0293. The molecule has 8 aromatic carbocycles. The molecule has 0 bridgehead atoms. The van der Waals surface area contributed by atoms with Crippen molar-refractivity contribution in [1.29, 1.82) is 0 Å². The van der Waals surface area contributed by atoms with Gasteiger partial charge in [-0.15, -0.1) is 0 Å². The highest BCUT2D eigenvalue weighted by molar-refractivity contribution is 6.00. The van der Waals surface area contributed by atoms with Crippen LogP contribution >= 0.6 is 0 Å². The Morgan fingerprint density at radius 3 is 0.883 bits per heavy atom. The number of hydrogen-bond donors (Lipinski definition) is 6. The van der Waals surface area contributed by atoms with Gasteiger partial charge in [0.1, 0.15) is 58.9 Å². The molecule has 8 N–H and O–H groups in total. The third-order valence-electron chi connectivity index (χ3n) is 19.0. The van der Waals surface area contributed by atoms with Gasteiger partial charge in [0.2, 0.25) is 23.8 Å². The van der Waals surface area contributed by atoms with E-state index in [1.54, 1.807) is 115 Å². The Balaban J connectivity index is 0.000000138. The first-order chi connectivity index (χ1) is 58.4. The summed E-state index contributed by atoms with van der Waals surface area (Å²) in [5, 5.41) is 12.7. The first-order valence-electron chi connectivity index (χ1n) is 38.8. The van der Waals surface area contributed by atoms with Gasteiger partial charge in [-0.3, -0.25) is 19.2 Å². The summed E-state index contributed by atoms with van der Waals surface area (Å²) in [6, 6.07) is 63.2. The van der Waals surface area contributed by atoms with Crippen LogP contribution in [0, 0.1) is 0 Å². The second-order valence-electron chi connectivity index (χ2n) is 28.1. The second kappa shape index (κ2) is 41.1. The lowest BCUT2D eigenvalue weighted by atomic mass is 10.1. The maximum Gasteiger partial charge on any atom is 0.257 e. The highest BCUT2D eigenvalue weighted by atomic mass is 16.6. The molecule has 4 aliphatic heterocycles. The molecule has 30 heteroatoms. The van der Waals surface area contributed by atoms with E-state index >= 15 is 0 Å². The minimum atomic E-state index is -0.561. The third-order valence-corrected chi connectivity index (χ3v) is 19.0. The normalized spacial score (nSPS) is 15.6. The number of amides is 4. The molecule has 120 heavy (non-hydrogen) atoms. The van der Waals surface area contributed by atoms with Gasteiger partial charge in [0.05, 0.1) is 112 Å². The smallest absolute Gasteiger partial charge is 0.257 e. The molecule has 8 heterocycles. The Kier molecular flexibility index (Phi) is 28.7. The van der Waals surface area contributed by atoms with Gasteiger partial charge in [0, 0.05) is 136 Å². The minimum absolute atomic E-state index is 0.0368. The fourth-order valence-corrected chi connectivity index (χ4v) is 12.8. The van der Waals surface area contributed by atoms with E-state index < -0.39 is 11.8 Å². The SMILES string of the molecule is CN(C)C(=O)c1cc(-c2ccnc(Nc3ccccc3)n2)ccc1O[C@H]1CCOC1.COc1cccc(Nc2nccc(-c3ccc(O[C@H]4CCOC4)c(C(=O)N(C)C)c3)n2)c1.COc1cccc(Nc2nccc(-c3ccc(O[C@H]4CCOC4)c(C(N)=O)c3)n2)c1.NC(=O)c1cc(-c2ccnc(Nc3ccccc3)n2)ccc1O[C@H]1CCOC1. The Morgan fingerprint density at radius 2 is 0.617 bits per heavy atom. The van der Waals surface area contributed by atoms with E-state index in [1.807, 2.05) is 164 Å². The molecule has 4 fully saturated rings. The summed E-state index contributed by atoms with van der Waals surface area (Å²) >= 11 is 0. The van der Waals surface area contributed by atoms with Crippen LogP contribution in [0.15, 0.2) is 231 Å². The molecular weight excluding hydrogens is 1530 g/mol. The summed E-state index contributed by atoms with van der Waals surface area (Å²) in [7, 11) is 10.1. The third kappa shape index (κ3) is 23.1. The molecule has 16 rings (SSSR count). The lowest BCUT2D eigenvalue weighted by Crippen LogP contribution is -2.24. The van der Waals surface area contributed by atoms with Gasteiger partial charge in [-0.05, 0) is 146 Å².